The largest absolute Gasteiger partial charge is 0.493 e. The molecule has 9 heteroatoms. The zero-order valence-corrected chi connectivity index (χ0v) is 9.10. The summed E-state index contributed by atoms with van der Waals surface area (Å²) in [6, 6.07) is 1.06. The summed E-state index contributed by atoms with van der Waals surface area (Å²) in [6.07, 6.45) is 1.07. The minimum atomic E-state index is -3.22. The van der Waals surface area contributed by atoms with E-state index in [0.717, 1.165) is 12.4 Å². The fourth-order valence-electron chi connectivity index (χ4n) is 0.337. The molecule has 0 atom stereocenters. The monoisotopic (exact) mass is 264 g/mol. The second-order valence-corrected chi connectivity index (χ2v) is 8.27. The van der Waals surface area contributed by atoms with Gasteiger partial charge in [-0.1, -0.05) is 0 Å². The predicted molar refractivity (Wildman–Crippen MR) is 50.5 cm³/mol. The Balaban J connectivity index is 0.000000252. The van der Waals surface area contributed by atoms with Crippen molar-refractivity contribution >= 4 is 38.9 Å². The van der Waals surface area contributed by atoms with Gasteiger partial charge in [0, 0.05) is 0 Å². The molecule has 0 fully saturated rings. The summed E-state index contributed by atoms with van der Waals surface area (Å²) in [5.41, 5.74) is 0. The lowest BCUT2D eigenvalue weighted by Gasteiger charge is -1.87. The van der Waals surface area contributed by atoms with Gasteiger partial charge in [0.2, 0.25) is 11.8 Å². The van der Waals surface area contributed by atoms with Gasteiger partial charge in [-0.05, 0) is 33.7 Å². The molecule has 2 N–H and O–H groups in total. The molecular weight excluding hydrogens is 261 g/mol. The molecule has 0 saturated carbocycles. The lowest BCUT2D eigenvalue weighted by Crippen LogP contribution is -1.75. The maximum Gasteiger partial charge on any atom is 0.339 e. The van der Waals surface area contributed by atoms with E-state index in [2.05, 4.69) is 43.7 Å². The van der Waals surface area contributed by atoms with Crippen LogP contribution in [-0.2, 0) is 4.57 Å². The third-order valence-corrected chi connectivity index (χ3v) is 0.638. The molecule has 0 aliphatic carbocycles. The first kappa shape index (κ1) is 12.8. The average Bonchev–Trinajstić information content (AvgIpc) is 1.81. The molecule has 0 spiro atoms. The van der Waals surface area contributed by atoms with E-state index in [1.165, 1.54) is 0 Å². The second kappa shape index (κ2) is 5.50. The number of nitrogens with zero attached hydrogens (tertiary/aromatic N) is 2. The van der Waals surface area contributed by atoms with Crippen LogP contribution in [0.4, 0.5) is 0 Å². The topological polar surface area (TPSA) is 83.3 Å². The molecule has 0 saturated heterocycles. The van der Waals surface area contributed by atoms with E-state index in [0.29, 0.717) is 0 Å². The molecule has 1 aromatic rings. The molecule has 0 unspecified atom stereocenters. The van der Waals surface area contributed by atoms with Crippen LogP contribution < -0.4 is 0 Å². The Bertz CT molecular complexity index is 292. The van der Waals surface area contributed by atoms with Crippen molar-refractivity contribution in [2.24, 2.45) is 0 Å². The van der Waals surface area contributed by atoms with Crippen LogP contribution in [0.1, 0.15) is 0 Å². The lowest BCUT2D eigenvalue weighted by atomic mass is 10.6. The van der Waals surface area contributed by atoms with Gasteiger partial charge in [0.1, 0.15) is 6.33 Å². The fourth-order valence-corrected chi connectivity index (χ4v) is 0.337. The molecule has 1 aromatic heterocycles. The molecule has 0 amide bonds. The normalized spacial score (nSPS) is 10.1. The third kappa shape index (κ3) is 11.8. The minimum Gasteiger partial charge on any atom is -0.493 e. The summed E-state index contributed by atoms with van der Waals surface area (Å²) in [6.45, 7) is 0. The number of halogens is 3. The zero-order valence-electron chi connectivity index (χ0n) is 5.93. The fraction of sp³-hybridized carbons (Fsp3) is 0. The van der Waals surface area contributed by atoms with E-state index in [4.69, 9.17) is 10.2 Å². The highest BCUT2D eigenvalue weighted by Crippen LogP contribution is 2.61. The van der Waals surface area contributed by atoms with Crippen molar-refractivity contribution in [3.05, 3.63) is 12.4 Å². The maximum atomic E-state index is 9.51. The first-order chi connectivity index (χ1) is 5.79. The Hall–Kier alpha value is -0.220. The molecule has 13 heavy (non-hydrogen) atoms. The van der Waals surface area contributed by atoms with Gasteiger partial charge < -0.3 is 10.2 Å². The summed E-state index contributed by atoms with van der Waals surface area (Å²) in [4.78, 5) is 6.65. The predicted octanol–water partition coefficient (Wildman–Crippen LogP) is 2.70. The molecular formula is C4H4Cl3N2O3P. The van der Waals surface area contributed by atoms with E-state index >= 15 is 0 Å². The summed E-state index contributed by atoms with van der Waals surface area (Å²) in [5.74, 6) is -0.449. The standard InChI is InChI=1S/C4H4N2O2.Cl3OP/c7-3-1-4(8)6-2-5-3;1-5(2,3)4/h1-2H,(H2,5,6,7,8);. The Morgan fingerprint density at radius 3 is 1.62 bits per heavy atom. The highest BCUT2D eigenvalue weighted by atomic mass is 36.0. The van der Waals surface area contributed by atoms with Crippen LogP contribution in [0.15, 0.2) is 12.4 Å². The zero-order chi connectivity index (χ0) is 10.5. The molecule has 1 heterocycles. The van der Waals surface area contributed by atoms with Crippen LogP contribution in [0.25, 0.3) is 0 Å². The second-order valence-electron chi connectivity index (χ2n) is 1.63. The molecule has 1 rings (SSSR count). The van der Waals surface area contributed by atoms with Crippen LogP contribution in [-0.4, -0.2) is 20.2 Å². The van der Waals surface area contributed by atoms with Gasteiger partial charge in [-0.2, -0.15) is 0 Å². The summed E-state index contributed by atoms with van der Waals surface area (Å²) >= 11 is 13.8. The van der Waals surface area contributed by atoms with Crippen molar-refractivity contribution in [2.45, 2.75) is 0 Å². The molecule has 74 valence electrons. The SMILES string of the molecule is O=P(Cl)(Cl)Cl.Oc1cc(O)ncn1. The van der Waals surface area contributed by atoms with Gasteiger partial charge in [-0.25, -0.2) is 9.97 Å². The van der Waals surface area contributed by atoms with Crippen molar-refractivity contribution in [1.29, 1.82) is 0 Å². The minimum absolute atomic E-state index is 0.225. The van der Waals surface area contributed by atoms with Crippen molar-refractivity contribution in [1.82, 2.24) is 9.97 Å². The summed E-state index contributed by atoms with van der Waals surface area (Å²) < 4.78 is 9.51. The van der Waals surface area contributed by atoms with E-state index < -0.39 is 5.20 Å². The Morgan fingerprint density at radius 2 is 1.46 bits per heavy atom. The maximum absolute atomic E-state index is 9.51. The molecule has 0 aromatic carbocycles. The number of hydrogen-bond acceptors (Lipinski definition) is 5. The van der Waals surface area contributed by atoms with E-state index in [9.17, 15) is 4.57 Å². The lowest BCUT2D eigenvalue weighted by molar-refractivity contribution is 0.421. The highest BCUT2D eigenvalue weighted by Gasteiger charge is 2.02. The van der Waals surface area contributed by atoms with Crippen molar-refractivity contribution in [3.8, 4) is 11.8 Å². The quantitative estimate of drug-likeness (QED) is 0.705. The smallest absolute Gasteiger partial charge is 0.339 e. The number of aromatic nitrogens is 2. The van der Waals surface area contributed by atoms with Crippen LogP contribution in [0.2, 0.25) is 0 Å². The van der Waals surface area contributed by atoms with Gasteiger partial charge in [-0.15, -0.1) is 0 Å². The first-order valence-electron chi connectivity index (χ1n) is 2.68. The number of aromatic hydroxyl groups is 2. The summed E-state index contributed by atoms with van der Waals surface area (Å²) in [7, 11) is 0. The number of hydrogen-bond donors (Lipinski definition) is 2. The molecule has 5 nitrogen and oxygen atoms in total. The molecule has 0 aliphatic heterocycles. The van der Waals surface area contributed by atoms with Crippen molar-refractivity contribution in [3.63, 3.8) is 0 Å². The van der Waals surface area contributed by atoms with Gasteiger partial charge >= 0.3 is 5.20 Å². The van der Waals surface area contributed by atoms with Crippen molar-refractivity contribution < 1.29 is 14.8 Å². The van der Waals surface area contributed by atoms with Gasteiger partial charge in [0.05, 0.1) is 6.07 Å². The van der Waals surface area contributed by atoms with Gasteiger partial charge in [-0.3, -0.25) is 4.57 Å². The van der Waals surface area contributed by atoms with E-state index in [-0.39, 0.29) is 11.8 Å². The Labute approximate surface area is 88.0 Å². The average molecular weight is 265 g/mol. The van der Waals surface area contributed by atoms with Gasteiger partial charge in [0.15, 0.2) is 0 Å². The number of rotatable bonds is 0. The molecule has 0 radical (unpaired) electrons. The third-order valence-electron chi connectivity index (χ3n) is 0.638. The van der Waals surface area contributed by atoms with Crippen LogP contribution >= 0.6 is 38.9 Å². The first-order valence-corrected chi connectivity index (χ1v) is 7.10. The highest BCUT2D eigenvalue weighted by molar-refractivity contribution is 8.24. The molecule has 0 aliphatic rings. The van der Waals surface area contributed by atoms with Crippen LogP contribution in [0.3, 0.4) is 0 Å². The van der Waals surface area contributed by atoms with Crippen molar-refractivity contribution in [2.75, 3.05) is 0 Å². The van der Waals surface area contributed by atoms with Gasteiger partial charge in [0.25, 0.3) is 0 Å². The van der Waals surface area contributed by atoms with Crippen LogP contribution in [0, 0.1) is 0 Å². The van der Waals surface area contributed by atoms with E-state index in [1.54, 1.807) is 0 Å². The molecule has 0 bridgehead atoms. The van der Waals surface area contributed by atoms with E-state index in [1.807, 2.05) is 0 Å². The Kier molecular flexibility index (Phi) is 5.40. The van der Waals surface area contributed by atoms with Crippen LogP contribution in [0.5, 0.6) is 11.8 Å². The Morgan fingerprint density at radius 1 is 1.15 bits per heavy atom. The summed E-state index contributed by atoms with van der Waals surface area (Å²) in [5, 5.41) is 13.8.